The van der Waals surface area contributed by atoms with Gasteiger partial charge in [0.25, 0.3) is 0 Å². The van der Waals surface area contributed by atoms with Crippen LogP contribution in [-0.2, 0) is 14.3 Å². The number of thiophene rings is 1. The normalized spacial score (nSPS) is 25.1. The van der Waals surface area contributed by atoms with Gasteiger partial charge in [-0.3, -0.25) is 9.36 Å². The van der Waals surface area contributed by atoms with E-state index in [4.69, 9.17) is 19.2 Å². The van der Waals surface area contributed by atoms with Crippen LogP contribution in [0.1, 0.15) is 111 Å². The highest BCUT2D eigenvalue weighted by Crippen LogP contribution is 2.50. The Labute approximate surface area is 362 Å². The Morgan fingerprint density at radius 3 is 2.47 bits per heavy atom. The van der Waals surface area contributed by atoms with Crippen molar-refractivity contribution in [2.75, 3.05) is 20.2 Å². The number of nitrogens with one attached hydrogen (secondary N) is 4. The van der Waals surface area contributed by atoms with Crippen molar-refractivity contribution >= 4 is 34.2 Å². The minimum absolute atomic E-state index is 0.0275. The largest absolute Gasteiger partial charge is 0.464 e. The number of hydrogen-bond donors (Lipinski definition) is 4. The Morgan fingerprint density at radius 2 is 1.69 bits per heavy atom. The number of hydrogen-bond acceptors (Lipinski definition) is 9. The fraction of sp³-hybridized carbons (Fsp3) is 0.447. The summed E-state index contributed by atoms with van der Waals surface area (Å²) in [5.41, 5.74) is 5.28. The van der Waals surface area contributed by atoms with E-state index < -0.39 is 18.4 Å². The number of rotatable bonds is 9. The van der Waals surface area contributed by atoms with E-state index in [1.165, 1.54) is 24.8 Å². The van der Waals surface area contributed by atoms with Crippen molar-refractivity contribution in [3.05, 3.63) is 88.1 Å². The van der Waals surface area contributed by atoms with Crippen LogP contribution in [0.3, 0.4) is 0 Å². The molecule has 1 saturated carbocycles. The van der Waals surface area contributed by atoms with Crippen LogP contribution in [0.4, 0.5) is 9.18 Å². The number of H-pyrrole nitrogens is 2. The molecule has 6 aromatic rings. The second kappa shape index (κ2) is 15.7. The second-order valence-corrected chi connectivity index (χ2v) is 18.9. The van der Waals surface area contributed by atoms with Crippen LogP contribution in [0.5, 0.6) is 5.75 Å². The molecule has 8 heterocycles. The van der Waals surface area contributed by atoms with Crippen molar-refractivity contribution in [1.82, 2.24) is 40.0 Å². The zero-order valence-electron chi connectivity index (χ0n) is 35.1. The van der Waals surface area contributed by atoms with Gasteiger partial charge in [-0.25, -0.2) is 19.2 Å². The Hall–Kier alpha value is -5.51. The lowest BCUT2D eigenvalue weighted by Crippen LogP contribution is -2.54. The number of aromatic amines is 2. The van der Waals surface area contributed by atoms with Crippen molar-refractivity contribution in [3.63, 3.8) is 0 Å². The molecule has 2 unspecified atom stereocenters. The SMILES string of the molecule is COC(=O)N[C@H](C(=O)N1CCC[C@@H]1c1ncc(-c2ccc3c(c2)cc2n3C(c3ccc(C4CC4)s3)Oc3cc(-c4cnc([C@@H]5CCCN5)[nH]4)cc(F)c3-2)[nH]1)C1C[C@@H](C)O[C@@H](C)C1. The average molecular weight is 859 g/mol. The Balaban J connectivity index is 0.917. The molecule has 7 atom stereocenters. The number of methoxy groups -OCH3 is 1. The zero-order chi connectivity index (χ0) is 42.2. The molecule has 11 rings (SSSR count). The van der Waals surface area contributed by atoms with Gasteiger partial charge in [0.15, 0.2) is 0 Å². The number of nitrogens with zero attached hydrogens (tertiary/aromatic N) is 4. The van der Waals surface area contributed by atoms with Crippen LogP contribution in [0.2, 0.25) is 0 Å². The van der Waals surface area contributed by atoms with Gasteiger partial charge >= 0.3 is 6.09 Å². The number of amides is 2. The molecule has 62 heavy (non-hydrogen) atoms. The van der Waals surface area contributed by atoms with Gasteiger partial charge in [-0.15, -0.1) is 11.3 Å². The topological polar surface area (TPSA) is 151 Å². The number of likely N-dealkylation sites (tertiary alicyclic amines) is 1. The highest BCUT2D eigenvalue weighted by atomic mass is 32.1. The molecular formula is C47H51FN8O5S. The number of halogens is 1. The number of alkyl carbamates (subject to hydrolysis) is 1. The maximum absolute atomic E-state index is 16.6. The predicted molar refractivity (Wildman–Crippen MR) is 233 cm³/mol. The number of fused-ring (bicyclic) bond motifs is 5. The van der Waals surface area contributed by atoms with Crippen LogP contribution in [0, 0.1) is 11.7 Å². The lowest BCUT2D eigenvalue weighted by Gasteiger charge is -2.38. The van der Waals surface area contributed by atoms with E-state index in [0.29, 0.717) is 48.0 Å². The molecule has 15 heteroatoms. The van der Waals surface area contributed by atoms with Gasteiger partial charge in [0.1, 0.15) is 29.3 Å². The van der Waals surface area contributed by atoms with Crippen molar-refractivity contribution in [2.24, 2.45) is 5.92 Å². The van der Waals surface area contributed by atoms with Crippen molar-refractivity contribution in [3.8, 4) is 39.5 Å². The summed E-state index contributed by atoms with van der Waals surface area (Å²) < 4.78 is 36.6. The maximum atomic E-state index is 16.6. The fourth-order valence-electron chi connectivity index (χ4n) is 10.4. The van der Waals surface area contributed by atoms with E-state index in [1.807, 2.05) is 31.0 Å². The number of carbonyl (C=O) groups excluding carboxylic acids is 2. The molecular weight excluding hydrogens is 808 g/mol. The van der Waals surface area contributed by atoms with Gasteiger partial charge in [-0.05, 0) is 126 Å². The molecule has 4 aliphatic heterocycles. The first kappa shape index (κ1) is 39.3. The minimum atomic E-state index is -0.740. The first-order valence-corrected chi connectivity index (χ1v) is 22.9. The number of imidazole rings is 2. The smallest absolute Gasteiger partial charge is 0.407 e. The van der Waals surface area contributed by atoms with Gasteiger partial charge in [-0.1, -0.05) is 6.07 Å². The Morgan fingerprint density at radius 1 is 0.919 bits per heavy atom. The molecule has 0 spiro atoms. The lowest BCUT2D eigenvalue weighted by atomic mass is 9.85. The molecule has 0 radical (unpaired) electrons. The van der Waals surface area contributed by atoms with Gasteiger partial charge in [-0.2, -0.15) is 0 Å². The van der Waals surface area contributed by atoms with Crippen LogP contribution in [-0.4, -0.2) is 79.9 Å². The molecule has 0 bridgehead atoms. The molecule has 322 valence electrons. The third kappa shape index (κ3) is 7.07. The van der Waals surface area contributed by atoms with Crippen molar-refractivity contribution in [2.45, 2.75) is 108 Å². The summed E-state index contributed by atoms with van der Waals surface area (Å²) >= 11 is 1.78. The zero-order valence-corrected chi connectivity index (χ0v) is 35.9. The lowest BCUT2D eigenvalue weighted by molar-refractivity contribution is -0.138. The standard InChI is InChI=1S/C47H51FN8O5S/c1-24-16-30(17-25(2)60-24)42(54-47(58)59-3)45(57)55-15-5-7-36(55)44-51-22-33(53-44)27-10-11-35-29(18-27)20-37-41-31(48)19-28(34-23-50-43(52-34)32-6-4-14-49-32)21-38(41)61-46(56(35)37)40-13-12-39(62-40)26-8-9-26/h10-13,18-26,30,32,36,42,46,49H,4-9,14-17H2,1-3H3,(H,50,52)(H,51,53)(H,54,58)/t24-,25+,30?,32-,36+,42-,46?/m0/s1. The molecule has 4 aromatic heterocycles. The van der Waals surface area contributed by atoms with E-state index in [0.717, 1.165) is 76.5 Å². The summed E-state index contributed by atoms with van der Waals surface area (Å²) in [7, 11) is 1.31. The predicted octanol–water partition coefficient (Wildman–Crippen LogP) is 9.12. The van der Waals surface area contributed by atoms with Crippen LogP contribution in [0.25, 0.3) is 44.7 Å². The number of carbonyl (C=O) groups is 2. The summed E-state index contributed by atoms with van der Waals surface area (Å²) in [6, 6.07) is 15.3. The van der Waals surface area contributed by atoms with Crippen LogP contribution < -0.4 is 15.4 Å². The van der Waals surface area contributed by atoms with E-state index in [-0.39, 0.29) is 41.9 Å². The van der Waals surface area contributed by atoms with Gasteiger partial charge < -0.3 is 39.7 Å². The molecule has 4 N–H and O–H groups in total. The maximum Gasteiger partial charge on any atom is 0.407 e. The Kier molecular flexibility index (Phi) is 9.95. The van der Waals surface area contributed by atoms with E-state index >= 15 is 4.39 Å². The third-order valence-electron chi connectivity index (χ3n) is 13.5. The molecule has 2 amide bonds. The summed E-state index contributed by atoms with van der Waals surface area (Å²) in [5.74, 6) is 2.07. The van der Waals surface area contributed by atoms with E-state index in [9.17, 15) is 9.59 Å². The highest BCUT2D eigenvalue weighted by molar-refractivity contribution is 7.12. The number of ether oxygens (including phenoxy) is 3. The monoisotopic (exact) mass is 858 g/mol. The van der Waals surface area contributed by atoms with Gasteiger partial charge in [0.2, 0.25) is 12.1 Å². The molecule has 5 aliphatic rings. The number of benzene rings is 2. The van der Waals surface area contributed by atoms with Crippen molar-refractivity contribution in [1.29, 1.82) is 0 Å². The second-order valence-electron chi connectivity index (χ2n) is 17.8. The molecule has 13 nitrogen and oxygen atoms in total. The van der Waals surface area contributed by atoms with Gasteiger partial charge in [0.05, 0.1) is 76.8 Å². The number of aromatic nitrogens is 5. The third-order valence-corrected chi connectivity index (χ3v) is 14.8. The van der Waals surface area contributed by atoms with Crippen LogP contribution >= 0.6 is 11.3 Å². The molecule has 4 fully saturated rings. The van der Waals surface area contributed by atoms with E-state index in [1.54, 1.807) is 23.6 Å². The van der Waals surface area contributed by atoms with Crippen LogP contribution in [0.15, 0.2) is 60.9 Å². The minimum Gasteiger partial charge on any atom is -0.464 e. The fourth-order valence-corrected chi connectivity index (χ4v) is 11.6. The van der Waals surface area contributed by atoms with Crippen molar-refractivity contribution < 1.29 is 28.2 Å². The summed E-state index contributed by atoms with van der Waals surface area (Å²) in [6.07, 6.45) is 9.84. The summed E-state index contributed by atoms with van der Waals surface area (Å²) in [5, 5.41) is 7.29. The van der Waals surface area contributed by atoms with Gasteiger partial charge in [0, 0.05) is 27.9 Å². The first-order valence-electron chi connectivity index (χ1n) is 22.1. The summed E-state index contributed by atoms with van der Waals surface area (Å²) in [4.78, 5) is 47.6. The molecule has 1 aliphatic carbocycles. The molecule has 2 aromatic carbocycles. The Bertz CT molecular complexity index is 2670. The highest BCUT2D eigenvalue weighted by Gasteiger charge is 2.42. The average Bonchev–Trinajstić information content (AvgIpc) is 4.00. The summed E-state index contributed by atoms with van der Waals surface area (Å²) in [6.45, 7) is 5.53. The quantitative estimate of drug-likeness (QED) is 0.112. The molecule has 3 saturated heterocycles. The first-order chi connectivity index (χ1) is 30.2. The van der Waals surface area contributed by atoms with E-state index in [2.05, 4.69) is 66.6 Å².